The molecule has 3 aromatic rings. The van der Waals surface area contributed by atoms with Crippen LogP contribution in [0.1, 0.15) is 42.7 Å². The molecular weight excluding hydrogens is 558 g/mol. The monoisotopic (exact) mass is 587 g/mol. The second-order valence-corrected chi connectivity index (χ2v) is 10.6. The minimum Gasteiger partial charge on any atom is -0.497 e. The van der Waals surface area contributed by atoms with Crippen molar-refractivity contribution in [1.82, 2.24) is 5.32 Å². The van der Waals surface area contributed by atoms with E-state index in [1.165, 1.54) is 0 Å². The highest BCUT2D eigenvalue weighted by Gasteiger charge is 2.41. The number of dihydropyridines is 1. The SMILES string of the molecule is COc1ccc([C@@H]2CC(=O)C3=C(C2)NC(C)=C(C(=O)OCCOc2ccccc2)[C@H]3c2ccc(Br)cc2)cc1. The Morgan fingerprint density at radius 1 is 0.897 bits per heavy atom. The maximum Gasteiger partial charge on any atom is 0.336 e. The largest absolute Gasteiger partial charge is 0.497 e. The molecule has 3 aromatic carbocycles. The first-order valence-electron chi connectivity index (χ1n) is 12.9. The van der Waals surface area contributed by atoms with Crippen molar-refractivity contribution < 1.29 is 23.8 Å². The number of allylic oxidation sites excluding steroid dienone is 3. The lowest BCUT2D eigenvalue weighted by molar-refractivity contribution is -0.140. The average Bonchev–Trinajstić information content (AvgIpc) is 2.95. The fourth-order valence-corrected chi connectivity index (χ4v) is 5.56. The summed E-state index contributed by atoms with van der Waals surface area (Å²) < 4.78 is 17.6. The van der Waals surface area contributed by atoms with Gasteiger partial charge in [-0.1, -0.05) is 58.4 Å². The number of methoxy groups -OCH3 is 1. The van der Waals surface area contributed by atoms with Crippen molar-refractivity contribution in [3.63, 3.8) is 0 Å². The lowest BCUT2D eigenvalue weighted by atomic mass is 9.72. The van der Waals surface area contributed by atoms with Crippen LogP contribution in [0.25, 0.3) is 0 Å². The molecule has 1 aliphatic carbocycles. The Bertz CT molecular complexity index is 1410. The molecule has 200 valence electrons. The molecule has 0 saturated carbocycles. The van der Waals surface area contributed by atoms with Gasteiger partial charge in [0.1, 0.15) is 24.7 Å². The number of para-hydroxylation sites is 1. The van der Waals surface area contributed by atoms with Crippen LogP contribution in [0.5, 0.6) is 11.5 Å². The number of carbonyl (C=O) groups is 2. The van der Waals surface area contributed by atoms with E-state index < -0.39 is 11.9 Å². The zero-order chi connectivity index (χ0) is 27.4. The van der Waals surface area contributed by atoms with E-state index in [-0.39, 0.29) is 24.9 Å². The van der Waals surface area contributed by atoms with Crippen molar-refractivity contribution in [1.29, 1.82) is 0 Å². The summed E-state index contributed by atoms with van der Waals surface area (Å²) in [5.41, 5.74) is 4.60. The van der Waals surface area contributed by atoms with Gasteiger partial charge in [-0.15, -0.1) is 0 Å². The molecule has 0 fully saturated rings. The normalized spacial score (nSPS) is 18.8. The molecule has 2 atom stereocenters. The first-order valence-corrected chi connectivity index (χ1v) is 13.7. The molecule has 6 nitrogen and oxygen atoms in total. The van der Waals surface area contributed by atoms with E-state index in [1.807, 2.05) is 85.8 Å². The van der Waals surface area contributed by atoms with Crippen LogP contribution >= 0.6 is 15.9 Å². The van der Waals surface area contributed by atoms with Gasteiger partial charge in [0.2, 0.25) is 0 Å². The highest BCUT2D eigenvalue weighted by Crippen LogP contribution is 2.46. The van der Waals surface area contributed by atoms with Gasteiger partial charge in [-0.25, -0.2) is 4.79 Å². The number of Topliss-reactive ketones (excluding diaryl/α,β-unsaturated/α-hetero) is 1. The van der Waals surface area contributed by atoms with E-state index in [0.717, 1.165) is 27.0 Å². The number of benzene rings is 3. The number of halogens is 1. The minimum absolute atomic E-state index is 0.0303. The highest BCUT2D eigenvalue weighted by molar-refractivity contribution is 9.10. The Morgan fingerprint density at radius 3 is 2.28 bits per heavy atom. The smallest absolute Gasteiger partial charge is 0.336 e. The Balaban J connectivity index is 1.40. The second-order valence-electron chi connectivity index (χ2n) is 9.64. The lowest BCUT2D eigenvalue weighted by Gasteiger charge is -2.36. The second kappa shape index (κ2) is 11.9. The van der Waals surface area contributed by atoms with E-state index in [1.54, 1.807) is 7.11 Å². The van der Waals surface area contributed by atoms with Crippen LogP contribution in [0.3, 0.4) is 0 Å². The summed E-state index contributed by atoms with van der Waals surface area (Å²) in [5.74, 6) is 0.592. The molecular formula is C32H30BrNO5. The van der Waals surface area contributed by atoms with Gasteiger partial charge < -0.3 is 19.5 Å². The van der Waals surface area contributed by atoms with Crippen molar-refractivity contribution in [2.45, 2.75) is 31.6 Å². The van der Waals surface area contributed by atoms with Gasteiger partial charge in [0.05, 0.1) is 12.7 Å². The van der Waals surface area contributed by atoms with Crippen LogP contribution in [0.15, 0.2) is 106 Å². The first-order chi connectivity index (χ1) is 18.9. The molecule has 1 aliphatic heterocycles. The third kappa shape index (κ3) is 5.93. The molecule has 7 heteroatoms. The maximum absolute atomic E-state index is 13.8. The Hall–Kier alpha value is -3.84. The summed E-state index contributed by atoms with van der Waals surface area (Å²) >= 11 is 3.49. The molecule has 1 N–H and O–H groups in total. The third-order valence-electron chi connectivity index (χ3n) is 7.17. The summed E-state index contributed by atoms with van der Waals surface area (Å²) in [6, 6.07) is 25.0. The zero-order valence-electron chi connectivity index (χ0n) is 21.9. The van der Waals surface area contributed by atoms with Crippen molar-refractivity contribution >= 4 is 27.7 Å². The predicted octanol–water partition coefficient (Wildman–Crippen LogP) is 6.44. The van der Waals surface area contributed by atoms with Crippen molar-refractivity contribution in [3.8, 4) is 11.5 Å². The summed E-state index contributed by atoms with van der Waals surface area (Å²) in [4.78, 5) is 27.2. The number of ketones is 1. The van der Waals surface area contributed by atoms with Gasteiger partial charge in [0.25, 0.3) is 0 Å². The number of carbonyl (C=O) groups excluding carboxylic acids is 2. The maximum atomic E-state index is 13.8. The molecule has 39 heavy (non-hydrogen) atoms. The highest BCUT2D eigenvalue weighted by atomic mass is 79.9. The number of ether oxygens (including phenoxy) is 3. The van der Waals surface area contributed by atoms with Crippen LogP contribution in [-0.4, -0.2) is 32.1 Å². The van der Waals surface area contributed by atoms with Crippen molar-refractivity contribution in [3.05, 3.63) is 117 Å². The van der Waals surface area contributed by atoms with E-state index in [0.29, 0.717) is 35.4 Å². The molecule has 0 spiro atoms. The van der Waals surface area contributed by atoms with Gasteiger partial charge in [0, 0.05) is 33.8 Å². The van der Waals surface area contributed by atoms with E-state index in [2.05, 4.69) is 21.2 Å². The molecule has 0 saturated heterocycles. The Labute approximate surface area is 236 Å². The van der Waals surface area contributed by atoms with Gasteiger partial charge in [-0.05, 0) is 66.8 Å². The number of nitrogens with one attached hydrogen (secondary N) is 1. The number of rotatable bonds is 8. The number of esters is 1. The Kier molecular flexibility index (Phi) is 8.17. The van der Waals surface area contributed by atoms with E-state index >= 15 is 0 Å². The molecule has 1 heterocycles. The van der Waals surface area contributed by atoms with Gasteiger partial charge in [-0.3, -0.25) is 4.79 Å². The Morgan fingerprint density at radius 2 is 1.59 bits per heavy atom. The molecule has 0 unspecified atom stereocenters. The van der Waals surface area contributed by atoms with Crippen LogP contribution in [0.4, 0.5) is 0 Å². The summed E-state index contributed by atoms with van der Waals surface area (Å²) in [6.07, 6.45) is 1.04. The molecule has 0 bridgehead atoms. The lowest BCUT2D eigenvalue weighted by Crippen LogP contribution is -2.36. The van der Waals surface area contributed by atoms with Crippen LogP contribution < -0.4 is 14.8 Å². The van der Waals surface area contributed by atoms with Gasteiger partial charge in [-0.2, -0.15) is 0 Å². The fraction of sp³-hybridized carbons (Fsp3) is 0.250. The minimum atomic E-state index is -0.513. The summed E-state index contributed by atoms with van der Waals surface area (Å²) in [6.45, 7) is 2.19. The van der Waals surface area contributed by atoms with Crippen molar-refractivity contribution in [2.75, 3.05) is 20.3 Å². The molecule has 5 rings (SSSR count). The quantitative estimate of drug-likeness (QED) is 0.241. The summed E-state index contributed by atoms with van der Waals surface area (Å²) in [5, 5.41) is 3.40. The van der Waals surface area contributed by atoms with E-state index in [9.17, 15) is 9.59 Å². The molecule has 0 amide bonds. The van der Waals surface area contributed by atoms with Crippen LogP contribution in [-0.2, 0) is 14.3 Å². The van der Waals surface area contributed by atoms with E-state index in [4.69, 9.17) is 14.2 Å². The molecule has 0 radical (unpaired) electrons. The van der Waals surface area contributed by atoms with Crippen LogP contribution in [0.2, 0.25) is 0 Å². The average molecular weight is 588 g/mol. The number of hydrogen-bond acceptors (Lipinski definition) is 6. The third-order valence-corrected chi connectivity index (χ3v) is 7.70. The van der Waals surface area contributed by atoms with Gasteiger partial charge in [0.15, 0.2) is 5.78 Å². The molecule has 0 aromatic heterocycles. The van der Waals surface area contributed by atoms with Gasteiger partial charge >= 0.3 is 5.97 Å². The summed E-state index contributed by atoms with van der Waals surface area (Å²) in [7, 11) is 1.64. The van der Waals surface area contributed by atoms with Crippen LogP contribution in [0, 0.1) is 0 Å². The first kappa shape index (κ1) is 26.8. The standard InChI is InChI=1S/C32H30BrNO5/c1-20-29(32(36)39-17-16-38-26-6-4-3-5-7-26)30(22-8-12-24(33)13-9-22)31-27(34-20)18-23(19-28(31)35)21-10-14-25(37-2)15-11-21/h3-15,23,30,34H,16-19H2,1-2H3/t23-,30+/m0/s1. The van der Waals surface area contributed by atoms with Crippen molar-refractivity contribution in [2.24, 2.45) is 0 Å². The zero-order valence-corrected chi connectivity index (χ0v) is 23.5. The predicted molar refractivity (Wildman–Crippen MR) is 153 cm³/mol. The topological polar surface area (TPSA) is 73.9 Å². The number of hydrogen-bond donors (Lipinski definition) is 1. The molecule has 2 aliphatic rings. The fourth-order valence-electron chi connectivity index (χ4n) is 5.30.